The van der Waals surface area contributed by atoms with Gasteiger partial charge in [0.15, 0.2) is 0 Å². The van der Waals surface area contributed by atoms with E-state index in [1.54, 1.807) is 0 Å². The van der Waals surface area contributed by atoms with Gasteiger partial charge in [-0.1, -0.05) is 5.16 Å². The van der Waals surface area contributed by atoms with Gasteiger partial charge in [0.2, 0.25) is 0 Å². The Kier molecular flexibility index (Phi) is 9.30. The summed E-state index contributed by atoms with van der Waals surface area (Å²) in [6.07, 6.45) is -0.124. The van der Waals surface area contributed by atoms with Crippen molar-refractivity contribution in [2.24, 2.45) is 5.16 Å². The Labute approximate surface area is 76.1 Å². The van der Waals surface area contributed by atoms with Crippen molar-refractivity contribution >= 4 is 13.7 Å². The van der Waals surface area contributed by atoms with Crippen molar-refractivity contribution in [1.29, 1.82) is 0 Å². The van der Waals surface area contributed by atoms with E-state index in [9.17, 15) is 9.46 Å². The van der Waals surface area contributed by atoms with Gasteiger partial charge in [0, 0.05) is 14.2 Å². The number of hydrogen-bond donors (Lipinski definition) is 1. The van der Waals surface area contributed by atoms with E-state index in [1.807, 2.05) is 0 Å². The van der Waals surface area contributed by atoms with Crippen molar-refractivity contribution in [3.63, 3.8) is 0 Å². The van der Waals surface area contributed by atoms with Gasteiger partial charge in [0.1, 0.15) is 0 Å². The molecular formula is C3H7NNaO3P. The third kappa shape index (κ3) is 8.66. The molecule has 0 rings (SSSR count). The molecule has 1 atom stereocenters. The SMILES string of the molecule is CC(C[PH](=O)[O-])=NO.[Na+]. The minimum Gasteiger partial charge on any atom is -0.801 e. The predicted octanol–water partition coefficient (Wildman–Crippen LogP) is -3.32. The van der Waals surface area contributed by atoms with Crippen LogP contribution in [0.2, 0.25) is 0 Å². The number of rotatable bonds is 2. The zero-order valence-corrected chi connectivity index (χ0v) is 8.42. The molecule has 0 aliphatic heterocycles. The van der Waals surface area contributed by atoms with Crippen LogP contribution in [0, 0.1) is 0 Å². The number of nitrogens with zero attached hydrogens (tertiary/aromatic N) is 1. The van der Waals surface area contributed by atoms with Crippen molar-refractivity contribution in [3.05, 3.63) is 0 Å². The van der Waals surface area contributed by atoms with Gasteiger partial charge in [-0.2, -0.15) is 0 Å². The number of oxime groups is 1. The summed E-state index contributed by atoms with van der Waals surface area (Å²) < 4.78 is 9.85. The van der Waals surface area contributed by atoms with Crippen LogP contribution in [0.5, 0.6) is 0 Å². The van der Waals surface area contributed by atoms with E-state index in [2.05, 4.69) is 5.16 Å². The van der Waals surface area contributed by atoms with Gasteiger partial charge in [-0.05, 0) is 6.92 Å². The van der Waals surface area contributed by atoms with Crippen molar-refractivity contribution in [2.75, 3.05) is 6.16 Å². The summed E-state index contributed by atoms with van der Waals surface area (Å²) in [7, 11) is -2.74. The molecule has 6 heteroatoms. The monoisotopic (exact) mass is 159 g/mol. The van der Waals surface area contributed by atoms with E-state index in [0.29, 0.717) is 0 Å². The number of hydrogen-bond acceptors (Lipinski definition) is 4. The first-order chi connectivity index (χ1) is 3.66. The summed E-state index contributed by atoms with van der Waals surface area (Å²) in [5, 5.41) is 10.6. The largest absolute Gasteiger partial charge is 1.00 e. The third-order valence-electron chi connectivity index (χ3n) is 0.571. The summed E-state index contributed by atoms with van der Waals surface area (Å²) in [5.74, 6) is 0. The van der Waals surface area contributed by atoms with Crippen molar-refractivity contribution in [2.45, 2.75) is 6.92 Å². The predicted molar refractivity (Wildman–Crippen MR) is 28.8 cm³/mol. The fourth-order valence-corrected chi connectivity index (χ4v) is 0.733. The Balaban J connectivity index is 0. The molecule has 0 aliphatic carbocycles. The molecule has 0 aromatic heterocycles. The van der Waals surface area contributed by atoms with Crippen LogP contribution in [-0.4, -0.2) is 17.1 Å². The van der Waals surface area contributed by atoms with Gasteiger partial charge >= 0.3 is 29.6 Å². The molecule has 0 saturated carbocycles. The Morgan fingerprint density at radius 2 is 2.33 bits per heavy atom. The first-order valence-corrected chi connectivity index (χ1v) is 3.56. The minimum absolute atomic E-state index is 0. The van der Waals surface area contributed by atoms with Gasteiger partial charge in [0.25, 0.3) is 0 Å². The molecule has 0 aliphatic rings. The molecule has 9 heavy (non-hydrogen) atoms. The van der Waals surface area contributed by atoms with Crippen LogP contribution in [0.4, 0.5) is 0 Å². The van der Waals surface area contributed by atoms with E-state index >= 15 is 0 Å². The summed E-state index contributed by atoms with van der Waals surface area (Å²) in [5.41, 5.74) is 0.226. The second kappa shape index (κ2) is 6.78. The molecule has 0 spiro atoms. The van der Waals surface area contributed by atoms with Crippen LogP contribution < -0.4 is 34.5 Å². The van der Waals surface area contributed by atoms with Crippen molar-refractivity contribution in [3.8, 4) is 0 Å². The maximum absolute atomic E-state index is 9.85. The molecule has 0 amide bonds. The zero-order chi connectivity index (χ0) is 6.57. The van der Waals surface area contributed by atoms with E-state index in [4.69, 9.17) is 5.21 Å². The average molecular weight is 159 g/mol. The summed E-state index contributed by atoms with van der Waals surface area (Å²) in [4.78, 5) is 9.85. The maximum Gasteiger partial charge on any atom is 1.00 e. The Hall–Kier alpha value is 0.660. The van der Waals surface area contributed by atoms with E-state index < -0.39 is 8.03 Å². The molecule has 0 aromatic rings. The van der Waals surface area contributed by atoms with Crippen LogP contribution in [0.15, 0.2) is 5.16 Å². The van der Waals surface area contributed by atoms with E-state index in [1.165, 1.54) is 6.92 Å². The molecule has 1 unspecified atom stereocenters. The molecule has 0 heterocycles. The molecule has 48 valence electrons. The Bertz CT molecular complexity index is 126. The smallest absolute Gasteiger partial charge is 0.801 e. The van der Waals surface area contributed by atoms with Crippen LogP contribution in [0.1, 0.15) is 6.92 Å². The van der Waals surface area contributed by atoms with Gasteiger partial charge in [-0.25, -0.2) is 0 Å². The minimum atomic E-state index is -2.74. The van der Waals surface area contributed by atoms with Crippen LogP contribution in [0.25, 0.3) is 0 Å². The summed E-state index contributed by atoms with van der Waals surface area (Å²) >= 11 is 0. The van der Waals surface area contributed by atoms with E-state index in [0.717, 1.165) is 0 Å². The first-order valence-electron chi connectivity index (χ1n) is 2.04. The third-order valence-corrected chi connectivity index (χ3v) is 1.37. The van der Waals surface area contributed by atoms with Crippen molar-refractivity contribution in [1.82, 2.24) is 0 Å². The molecule has 0 aromatic carbocycles. The van der Waals surface area contributed by atoms with Crippen molar-refractivity contribution < 1.29 is 44.2 Å². The second-order valence-electron chi connectivity index (χ2n) is 1.38. The molecule has 0 bridgehead atoms. The molecule has 0 radical (unpaired) electrons. The normalized spacial score (nSPS) is 14.2. The fourth-order valence-electron chi connectivity index (χ4n) is 0.244. The second-order valence-corrected chi connectivity index (χ2v) is 2.48. The van der Waals surface area contributed by atoms with Gasteiger partial charge in [-0.3, -0.25) is 0 Å². The molecule has 1 N–H and O–H groups in total. The Morgan fingerprint density at radius 3 is 2.44 bits per heavy atom. The molecule has 0 fully saturated rings. The first kappa shape index (κ1) is 12.3. The van der Waals surface area contributed by atoms with Gasteiger partial charge in [-0.15, -0.1) is 0 Å². The van der Waals surface area contributed by atoms with Crippen LogP contribution >= 0.6 is 8.03 Å². The average Bonchev–Trinajstić information content (AvgIpc) is 1.65. The topological polar surface area (TPSA) is 72.7 Å². The standard InChI is InChI=1S/C3H8NO3P.Na/c1-3(4-5)2-8(6)7;/h5,8H,2H2,1H3,(H,6,7);/q;+1/p-1. The van der Waals surface area contributed by atoms with Gasteiger partial charge in [0.05, 0.1) is 5.71 Å². The van der Waals surface area contributed by atoms with E-state index in [-0.39, 0.29) is 41.4 Å². The van der Waals surface area contributed by atoms with Gasteiger partial charge < -0.3 is 14.7 Å². The Morgan fingerprint density at radius 1 is 1.89 bits per heavy atom. The van der Waals surface area contributed by atoms with Crippen LogP contribution in [0.3, 0.4) is 0 Å². The fraction of sp³-hybridized carbons (Fsp3) is 0.667. The maximum atomic E-state index is 9.85. The molecule has 0 saturated heterocycles. The zero-order valence-electron chi connectivity index (χ0n) is 5.42. The molecule has 4 nitrogen and oxygen atoms in total. The molecular weight excluding hydrogens is 152 g/mol. The quantitative estimate of drug-likeness (QED) is 0.150. The summed E-state index contributed by atoms with van der Waals surface area (Å²) in [6.45, 7) is 1.44. The van der Waals surface area contributed by atoms with Crippen LogP contribution in [-0.2, 0) is 4.57 Å². The summed E-state index contributed by atoms with van der Waals surface area (Å²) in [6, 6.07) is 0.